The molecule has 0 aromatic heterocycles. The number of hydrogen-bond donors (Lipinski definition) is 1. The van der Waals surface area contributed by atoms with Gasteiger partial charge in [-0.1, -0.05) is 38.1 Å². The van der Waals surface area contributed by atoms with E-state index in [0.29, 0.717) is 25.7 Å². The summed E-state index contributed by atoms with van der Waals surface area (Å²) in [5.74, 6) is 2.03. The SMILES string of the molecule is Cc1cccc(C(C)C)c1NC(=O)CN1CCCC1c1ccc2c(c1)OCCO2. The lowest BCUT2D eigenvalue weighted by atomic mass is 9.98. The fourth-order valence-electron chi connectivity index (χ4n) is 4.37. The van der Waals surface area contributed by atoms with Crippen molar-refractivity contribution >= 4 is 11.6 Å². The van der Waals surface area contributed by atoms with Crippen LogP contribution in [-0.4, -0.2) is 37.1 Å². The molecule has 1 atom stereocenters. The van der Waals surface area contributed by atoms with Gasteiger partial charge in [-0.05, 0) is 61.1 Å². The first-order valence-electron chi connectivity index (χ1n) is 10.6. The molecule has 5 heteroatoms. The second-order valence-corrected chi connectivity index (χ2v) is 8.27. The van der Waals surface area contributed by atoms with Crippen LogP contribution in [0, 0.1) is 6.92 Å². The number of rotatable bonds is 5. The Kier molecular flexibility index (Phi) is 5.76. The van der Waals surface area contributed by atoms with Gasteiger partial charge < -0.3 is 14.8 Å². The molecule has 2 aromatic carbocycles. The number of aryl methyl sites for hydroxylation is 1. The second-order valence-electron chi connectivity index (χ2n) is 8.27. The van der Waals surface area contributed by atoms with E-state index >= 15 is 0 Å². The van der Waals surface area contributed by atoms with Gasteiger partial charge in [0.1, 0.15) is 13.2 Å². The first-order valence-corrected chi connectivity index (χ1v) is 10.6. The van der Waals surface area contributed by atoms with E-state index < -0.39 is 0 Å². The highest BCUT2D eigenvalue weighted by atomic mass is 16.6. The van der Waals surface area contributed by atoms with Crippen molar-refractivity contribution in [1.82, 2.24) is 4.90 Å². The van der Waals surface area contributed by atoms with Crippen LogP contribution in [0.2, 0.25) is 0 Å². The summed E-state index contributed by atoms with van der Waals surface area (Å²) in [6.45, 7) is 8.87. The van der Waals surface area contributed by atoms with Crippen molar-refractivity contribution in [3.8, 4) is 11.5 Å². The molecule has 0 saturated carbocycles. The molecular formula is C24H30N2O3. The predicted octanol–water partition coefficient (Wildman–Crippen LogP) is 4.67. The molecule has 2 aliphatic heterocycles. The monoisotopic (exact) mass is 394 g/mol. The van der Waals surface area contributed by atoms with E-state index in [0.717, 1.165) is 42.1 Å². The van der Waals surface area contributed by atoms with Gasteiger partial charge in [-0.25, -0.2) is 0 Å². The molecule has 4 rings (SSSR count). The van der Waals surface area contributed by atoms with E-state index in [1.165, 1.54) is 11.1 Å². The maximum atomic E-state index is 12.9. The maximum absolute atomic E-state index is 12.9. The summed E-state index contributed by atoms with van der Waals surface area (Å²) >= 11 is 0. The predicted molar refractivity (Wildman–Crippen MR) is 115 cm³/mol. The molecule has 2 aliphatic rings. The van der Waals surface area contributed by atoms with Gasteiger partial charge in [-0.2, -0.15) is 0 Å². The molecule has 1 amide bonds. The molecule has 154 valence electrons. The van der Waals surface area contributed by atoms with Crippen molar-refractivity contribution in [1.29, 1.82) is 0 Å². The molecule has 5 nitrogen and oxygen atoms in total. The van der Waals surface area contributed by atoms with Crippen LogP contribution in [0.3, 0.4) is 0 Å². The number of benzene rings is 2. The van der Waals surface area contributed by atoms with Gasteiger partial charge in [-0.3, -0.25) is 9.69 Å². The molecule has 2 aromatic rings. The number of carbonyl (C=O) groups excluding carboxylic acids is 1. The van der Waals surface area contributed by atoms with Gasteiger partial charge in [0.2, 0.25) is 5.91 Å². The van der Waals surface area contributed by atoms with Crippen LogP contribution in [0.1, 0.15) is 55.3 Å². The molecule has 0 radical (unpaired) electrons. The number of nitrogens with zero attached hydrogens (tertiary/aromatic N) is 1. The third-order valence-corrected chi connectivity index (χ3v) is 5.85. The van der Waals surface area contributed by atoms with E-state index in [1.54, 1.807) is 0 Å². The largest absolute Gasteiger partial charge is 0.486 e. The van der Waals surface area contributed by atoms with Crippen LogP contribution in [0.4, 0.5) is 5.69 Å². The number of ether oxygens (including phenoxy) is 2. The van der Waals surface area contributed by atoms with Gasteiger partial charge in [0.25, 0.3) is 0 Å². The number of hydrogen-bond acceptors (Lipinski definition) is 4. The number of likely N-dealkylation sites (tertiary alicyclic amines) is 1. The topological polar surface area (TPSA) is 50.8 Å². The van der Waals surface area contributed by atoms with E-state index in [-0.39, 0.29) is 11.9 Å². The highest BCUT2D eigenvalue weighted by Crippen LogP contribution is 2.38. The summed E-state index contributed by atoms with van der Waals surface area (Å²) < 4.78 is 11.4. The molecule has 0 aliphatic carbocycles. The summed E-state index contributed by atoms with van der Waals surface area (Å²) in [6.07, 6.45) is 2.14. The normalized spacial score (nSPS) is 18.8. The Labute approximate surface area is 173 Å². The zero-order valence-corrected chi connectivity index (χ0v) is 17.5. The fourth-order valence-corrected chi connectivity index (χ4v) is 4.37. The van der Waals surface area contributed by atoms with E-state index in [4.69, 9.17) is 9.47 Å². The van der Waals surface area contributed by atoms with E-state index in [1.807, 2.05) is 6.07 Å². The summed E-state index contributed by atoms with van der Waals surface area (Å²) in [4.78, 5) is 15.2. The summed E-state index contributed by atoms with van der Waals surface area (Å²) in [6, 6.07) is 12.6. The minimum atomic E-state index is 0.0469. The minimum Gasteiger partial charge on any atom is -0.486 e. The standard InChI is InChI=1S/C24H30N2O3/c1-16(2)19-7-4-6-17(3)24(19)25-23(27)15-26-11-5-8-20(26)18-9-10-21-22(14-18)29-13-12-28-21/h4,6-7,9-10,14,16,20H,5,8,11-13,15H2,1-3H3,(H,25,27). The van der Waals surface area contributed by atoms with Crippen molar-refractivity contribution in [2.45, 2.75) is 45.6 Å². The van der Waals surface area contributed by atoms with Gasteiger partial charge in [0.15, 0.2) is 11.5 Å². The Hall–Kier alpha value is -2.53. The Morgan fingerprint density at radius 2 is 1.97 bits per heavy atom. The fraction of sp³-hybridized carbons (Fsp3) is 0.458. The maximum Gasteiger partial charge on any atom is 0.238 e. The van der Waals surface area contributed by atoms with Crippen LogP contribution < -0.4 is 14.8 Å². The third kappa shape index (κ3) is 4.25. The number of fused-ring (bicyclic) bond motifs is 1. The first kappa shape index (κ1) is 19.8. The molecular weight excluding hydrogens is 364 g/mol. The third-order valence-electron chi connectivity index (χ3n) is 5.85. The Morgan fingerprint density at radius 3 is 2.76 bits per heavy atom. The van der Waals surface area contributed by atoms with Gasteiger partial charge in [-0.15, -0.1) is 0 Å². The van der Waals surface area contributed by atoms with Crippen LogP contribution >= 0.6 is 0 Å². The van der Waals surface area contributed by atoms with Crippen LogP contribution in [0.5, 0.6) is 11.5 Å². The molecule has 0 bridgehead atoms. The van der Waals surface area contributed by atoms with Crippen LogP contribution in [-0.2, 0) is 4.79 Å². The average Bonchev–Trinajstić information content (AvgIpc) is 3.17. The molecule has 2 heterocycles. The highest BCUT2D eigenvalue weighted by molar-refractivity contribution is 5.94. The Bertz CT molecular complexity index is 894. The van der Waals surface area contributed by atoms with Crippen molar-refractivity contribution in [2.75, 3.05) is 31.6 Å². The van der Waals surface area contributed by atoms with Gasteiger partial charge in [0.05, 0.1) is 6.54 Å². The number of nitrogens with one attached hydrogen (secondary N) is 1. The molecule has 1 unspecified atom stereocenters. The van der Waals surface area contributed by atoms with E-state index in [9.17, 15) is 4.79 Å². The number of para-hydroxylation sites is 1. The van der Waals surface area contributed by atoms with Gasteiger partial charge in [0, 0.05) is 11.7 Å². The Balaban J connectivity index is 1.47. The second kappa shape index (κ2) is 8.46. The van der Waals surface area contributed by atoms with Crippen LogP contribution in [0.25, 0.3) is 0 Å². The number of anilines is 1. The van der Waals surface area contributed by atoms with E-state index in [2.05, 4.69) is 61.3 Å². The van der Waals surface area contributed by atoms with Crippen molar-refractivity contribution in [3.05, 3.63) is 53.1 Å². The van der Waals surface area contributed by atoms with Crippen molar-refractivity contribution < 1.29 is 14.3 Å². The summed E-state index contributed by atoms with van der Waals surface area (Å²) in [5.41, 5.74) is 4.44. The quantitative estimate of drug-likeness (QED) is 0.801. The zero-order valence-electron chi connectivity index (χ0n) is 17.5. The number of amides is 1. The summed E-state index contributed by atoms with van der Waals surface area (Å²) in [5, 5.41) is 3.18. The number of carbonyl (C=O) groups is 1. The molecule has 29 heavy (non-hydrogen) atoms. The lowest BCUT2D eigenvalue weighted by Crippen LogP contribution is -2.33. The lowest BCUT2D eigenvalue weighted by molar-refractivity contribution is -0.117. The molecule has 1 N–H and O–H groups in total. The van der Waals surface area contributed by atoms with Crippen molar-refractivity contribution in [2.24, 2.45) is 0 Å². The average molecular weight is 395 g/mol. The highest BCUT2D eigenvalue weighted by Gasteiger charge is 2.29. The minimum absolute atomic E-state index is 0.0469. The smallest absolute Gasteiger partial charge is 0.238 e. The molecule has 1 saturated heterocycles. The zero-order chi connectivity index (χ0) is 20.4. The lowest BCUT2D eigenvalue weighted by Gasteiger charge is -2.26. The molecule has 1 fully saturated rings. The Morgan fingerprint density at radius 1 is 1.17 bits per heavy atom. The summed E-state index contributed by atoms with van der Waals surface area (Å²) in [7, 11) is 0. The van der Waals surface area contributed by atoms with Gasteiger partial charge >= 0.3 is 0 Å². The first-order chi connectivity index (χ1) is 14.0. The molecule has 0 spiro atoms. The van der Waals surface area contributed by atoms with Crippen molar-refractivity contribution in [3.63, 3.8) is 0 Å². The van der Waals surface area contributed by atoms with Crippen LogP contribution in [0.15, 0.2) is 36.4 Å².